The van der Waals surface area contributed by atoms with E-state index in [1.54, 1.807) is 6.92 Å². The van der Waals surface area contributed by atoms with Gasteiger partial charge in [0.25, 0.3) is 5.91 Å². The molecule has 1 atom stereocenters. The first kappa shape index (κ1) is 20.8. The van der Waals surface area contributed by atoms with Crippen molar-refractivity contribution in [2.75, 3.05) is 23.3 Å². The highest BCUT2D eigenvalue weighted by Crippen LogP contribution is 2.27. The molecule has 2 heterocycles. The maximum Gasteiger partial charge on any atom is 0.342 e. The van der Waals surface area contributed by atoms with Crippen molar-refractivity contribution in [1.82, 2.24) is 4.98 Å². The summed E-state index contributed by atoms with van der Waals surface area (Å²) >= 11 is 0. The van der Waals surface area contributed by atoms with Crippen molar-refractivity contribution in [2.45, 2.75) is 39.7 Å². The van der Waals surface area contributed by atoms with Gasteiger partial charge in [-0.25, -0.2) is 9.78 Å². The third kappa shape index (κ3) is 4.53. The molecule has 1 amide bonds. The highest BCUT2D eigenvalue weighted by atomic mass is 16.5. The fourth-order valence-corrected chi connectivity index (χ4v) is 3.81. The molecule has 1 aromatic heterocycles. The number of para-hydroxylation sites is 1. The molecule has 2 aromatic carbocycles. The highest BCUT2D eigenvalue weighted by Gasteiger charge is 2.26. The summed E-state index contributed by atoms with van der Waals surface area (Å²) in [5.74, 6) is -0.273. The first-order chi connectivity index (χ1) is 14.9. The Bertz CT molecular complexity index is 1140. The number of hydrogen-bond acceptors (Lipinski definition) is 5. The molecular formula is C25H27N3O3. The van der Waals surface area contributed by atoms with Crippen LogP contribution in [0, 0.1) is 13.8 Å². The number of esters is 1. The molecule has 0 radical (unpaired) electrons. The predicted octanol–water partition coefficient (Wildman–Crippen LogP) is 4.64. The Morgan fingerprint density at radius 2 is 1.81 bits per heavy atom. The maximum absolute atomic E-state index is 13.1. The molecule has 1 fully saturated rings. The molecule has 6 nitrogen and oxygen atoms in total. The minimum absolute atomic E-state index is 0.362. The number of hydrogen-bond donors (Lipinski definition) is 1. The van der Waals surface area contributed by atoms with Crippen molar-refractivity contribution in [3.8, 4) is 0 Å². The minimum Gasteiger partial charge on any atom is -0.449 e. The number of rotatable bonds is 5. The van der Waals surface area contributed by atoms with E-state index in [-0.39, 0.29) is 5.91 Å². The van der Waals surface area contributed by atoms with Crippen LogP contribution >= 0.6 is 0 Å². The topological polar surface area (TPSA) is 71.5 Å². The standard InChI is InChI=1S/C25H27N3O3/c1-16-10-11-17(2)22(14-16)27-24(29)18(3)31-25(30)20-15-19-8-4-5-9-21(19)26-23(20)28-12-6-7-13-28/h4-5,8-11,14-15,18H,6-7,12-13H2,1-3H3,(H,27,29). The van der Waals surface area contributed by atoms with Gasteiger partial charge < -0.3 is 15.0 Å². The van der Waals surface area contributed by atoms with Gasteiger partial charge in [0.15, 0.2) is 6.10 Å². The van der Waals surface area contributed by atoms with Gasteiger partial charge in [0.1, 0.15) is 11.4 Å². The molecule has 0 spiro atoms. The number of amides is 1. The molecule has 6 heteroatoms. The Morgan fingerprint density at radius 1 is 1.06 bits per heavy atom. The number of fused-ring (bicyclic) bond motifs is 1. The first-order valence-electron chi connectivity index (χ1n) is 10.7. The van der Waals surface area contributed by atoms with Gasteiger partial charge in [-0.2, -0.15) is 0 Å². The third-order valence-corrected chi connectivity index (χ3v) is 5.63. The van der Waals surface area contributed by atoms with Gasteiger partial charge in [-0.3, -0.25) is 4.79 Å². The van der Waals surface area contributed by atoms with Gasteiger partial charge in [0.2, 0.25) is 0 Å². The normalized spacial score (nSPS) is 14.5. The molecule has 0 bridgehead atoms. The van der Waals surface area contributed by atoms with E-state index in [1.165, 1.54) is 0 Å². The van der Waals surface area contributed by atoms with E-state index in [0.717, 1.165) is 53.6 Å². The van der Waals surface area contributed by atoms with Crippen molar-refractivity contribution in [1.29, 1.82) is 0 Å². The lowest BCUT2D eigenvalue weighted by Crippen LogP contribution is -2.31. The average Bonchev–Trinajstić information content (AvgIpc) is 3.30. The summed E-state index contributed by atoms with van der Waals surface area (Å²) in [7, 11) is 0. The zero-order valence-corrected chi connectivity index (χ0v) is 18.1. The number of nitrogens with one attached hydrogen (secondary N) is 1. The Morgan fingerprint density at radius 3 is 2.58 bits per heavy atom. The van der Waals surface area contributed by atoms with E-state index in [9.17, 15) is 9.59 Å². The SMILES string of the molecule is Cc1ccc(C)c(NC(=O)C(C)OC(=O)c2cc3ccccc3nc2N2CCCC2)c1. The molecule has 1 unspecified atom stereocenters. The molecule has 1 saturated heterocycles. The number of anilines is 2. The summed E-state index contributed by atoms with van der Waals surface area (Å²) in [5.41, 5.74) is 3.95. The highest BCUT2D eigenvalue weighted by molar-refractivity contribution is 6.02. The van der Waals surface area contributed by atoms with Crippen LogP contribution < -0.4 is 10.2 Å². The summed E-state index contributed by atoms with van der Waals surface area (Å²) in [6.45, 7) is 7.19. The summed E-state index contributed by atoms with van der Waals surface area (Å²) in [6.07, 6.45) is 1.19. The molecule has 3 aromatic rings. The molecule has 160 valence electrons. The molecule has 1 N–H and O–H groups in total. The zero-order chi connectivity index (χ0) is 22.0. The number of aromatic nitrogens is 1. The smallest absolute Gasteiger partial charge is 0.342 e. The average molecular weight is 418 g/mol. The number of nitrogens with zero attached hydrogens (tertiary/aromatic N) is 2. The largest absolute Gasteiger partial charge is 0.449 e. The lowest BCUT2D eigenvalue weighted by atomic mass is 10.1. The first-order valence-corrected chi connectivity index (χ1v) is 10.7. The number of carbonyl (C=O) groups excluding carboxylic acids is 2. The molecule has 0 aliphatic carbocycles. The van der Waals surface area contributed by atoms with Gasteiger partial charge in [-0.05, 0) is 62.9 Å². The van der Waals surface area contributed by atoms with Crippen molar-refractivity contribution in [3.63, 3.8) is 0 Å². The molecular weight excluding hydrogens is 390 g/mol. The second-order valence-corrected chi connectivity index (χ2v) is 8.10. The third-order valence-electron chi connectivity index (χ3n) is 5.63. The second-order valence-electron chi connectivity index (χ2n) is 8.10. The van der Waals surface area contributed by atoms with Gasteiger partial charge in [0, 0.05) is 24.2 Å². The maximum atomic E-state index is 13.1. The van der Waals surface area contributed by atoms with E-state index >= 15 is 0 Å². The summed E-state index contributed by atoms with van der Waals surface area (Å²) < 4.78 is 5.57. The van der Waals surface area contributed by atoms with Crippen molar-refractivity contribution >= 4 is 34.3 Å². The van der Waals surface area contributed by atoms with Crippen LogP contribution in [-0.2, 0) is 9.53 Å². The number of benzene rings is 2. The van der Waals surface area contributed by atoms with E-state index in [2.05, 4.69) is 10.2 Å². The quantitative estimate of drug-likeness (QED) is 0.613. The van der Waals surface area contributed by atoms with Crippen LogP contribution in [0.3, 0.4) is 0 Å². The van der Waals surface area contributed by atoms with Crippen LogP contribution in [0.2, 0.25) is 0 Å². The van der Waals surface area contributed by atoms with Gasteiger partial charge in [-0.1, -0.05) is 30.3 Å². The monoisotopic (exact) mass is 417 g/mol. The second kappa shape index (κ2) is 8.76. The zero-order valence-electron chi connectivity index (χ0n) is 18.1. The summed E-state index contributed by atoms with van der Waals surface area (Å²) in [6, 6.07) is 15.4. The van der Waals surface area contributed by atoms with Gasteiger partial charge in [0.05, 0.1) is 5.52 Å². The van der Waals surface area contributed by atoms with Gasteiger partial charge >= 0.3 is 5.97 Å². The molecule has 1 aliphatic heterocycles. The predicted molar refractivity (Wildman–Crippen MR) is 123 cm³/mol. The molecule has 0 saturated carbocycles. The van der Waals surface area contributed by atoms with E-state index < -0.39 is 12.1 Å². The van der Waals surface area contributed by atoms with E-state index in [0.29, 0.717) is 11.4 Å². The van der Waals surface area contributed by atoms with Crippen molar-refractivity contribution in [3.05, 3.63) is 65.2 Å². The Balaban J connectivity index is 1.56. The van der Waals surface area contributed by atoms with Crippen molar-refractivity contribution in [2.24, 2.45) is 0 Å². The molecule has 4 rings (SSSR count). The van der Waals surface area contributed by atoms with E-state index in [4.69, 9.17) is 9.72 Å². The Kier molecular flexibility index (Phi) is 5.89. The van der Waals surface area contributed by atoms with E-state index in [1.807, 2.05) is 62.4 Å². The fraction of sp³-hybridized carbons (Fsp3) is 0.320. The van der Waals surface area contributed by atoms with Crippen LogP contribution in [0.4, 0.5) is 11.5 Å². The van der Waals surface area contributed by atoms with Crippen LogP contribution in [0.5, 0.6) is 0 Å². The lowest BCUT2D eigenvalue weighted by Gasteiger charge is -2.21. The number of ether oxygens (including phenoxy) is 1. The molecule has 31 heavy (non-hydrogen) atoms. The van der Waals surface area contributed by atoms with Crippen molar-refractivity contribution < 1.29 is 14.3 Å². The van der Waals surface area contributed by atoms with Crippen LogP contribution in [0.15, 0.2) is 48.5 Å². The fourth-order valence-electron chi connectivity index (χ4n) is 3.81. The summed E-state index contributed by atoms with van der Waals surface area (Å²) in [5, 5.41) is 3.73. The van der Waals surface area contributed by atoms with Crippen LogP contribution in [-0.4, -0.2) is 36.1 Å². The number of carbonyl (C=O) groups is 2. The number of pyridine rings is 1. The molecule has 1 aliphatic rings. The Hall–Kier alpha value is -3.41. The Labute approximate surface area is 182 Å². The van der Waals surface area contributed by atoms with Gasteiger partial charge in [-0.15, -0.1) is 0 Å². The lowest BCUT2D eigenvalue weighted by molar-refractivity contribution is -0.123. The minimum atomic E-state index is -0.940. The summed E-state index contributed by atoms with van der Waals surface area (Å²) in [4.78, 5) is 32.6. The van der Waals surface area contributed by atoms with Crippen LogP contribution in [0.1, 0.15) is 41.3 Å². The van der Waals surface area contributed by atoms with Crippen LogP contribution in [0.25, 0.3) is 10.9 Å². The number of aryl methyl sites for hydroxylation is 2.